The van der Waals surface area contributed by atoms with Crippen LogP contribution in [0.4, 0.5) is 0 Å². The number of allylic oxidation sites excluding steroid dienone is 6. The largest absolute Gasteiger partial charge is 0.481 e. The Labute approximate surface area is 502 Å². The Morgan fingerprint density at radius 3 is 1.21 bits per heavy atom. The van der Waals surface area contributed by atoms with Crippen LogP contribution >= 0.6 is 0 Å². The molecule has 0 aliphatic carbocycles. The lowest BCUT2D eigenvalue weighted by Gasteiger charge is -2.22. The van der Waals surface area contributed by atoms with E-state index in [-0.39, 0.29) is 51.4 Å². The molecule has 6 aromatic rings. The first-order chi connectivity index (χ1) is 41.2. The van der Waals surface area contributed by atoms with Crippen LogP contribution < -0.4 is 0 Å². The molecule has 10 rings (SSSR count). The van der Waals surface area contributed by atoms with E-state index in [9.17, 15) is 49.8 Å². The summed E-state index contributed by atoms with van der Waals surface area (Å²) in [6, 6.07) is 15.3. The van der Waals surface area contributed by atoms with Crippen LogP contribution in [-0.4, -0.2) is 107 Å². The van der Waals surface area contributed by atoms with E-state index in [1.165, 1.54) is 0 Å². The van der Waals surface area contributed by atoms with Crippen LogP contribution in [0.1, 0.15) is 196 Å². The minimum Gasteiger partial charge on any atom is -0.481 e. The average Bonchev–Trinajstić information content (AvgIpc) is 1.72. The highest BCUT2D eigenvalue weighted by molar-refractivity contribution is 5.99. The summed E-state index contributed by atoms with van der Waals surface area (Å²) in [7, 11) is 0. The number of hydrogen-bond acceptors (Lipinski definition) is 11. The summed E-state index contributed by atoms with van der Waals surface area (Å²) in [6.07, 6.45) is -2.77. The lowest BCUT2D eigenvalue weighted by molar-refractivity contribution is -0.138. The maximum Gasteiger partial charge on any atom is 0.303 e. The summed E-state index contributed by atoms with van der Waals surface area (Å²) in [6.45, 7) is 22.9. The Bertz CT molecular complexity index is 4420. The molecule has 0 fully saturated rings. The number of H-pyrrole nitrogens is 4. The standard InChI is InChI=1S/C68H74N8O11/c1-29-41(13-17-61(79)80)53-27-55-43(15-19-63(83)84)31(3)47(71-55)23-59-67(35(7)51(75-59)25-57-65(37(9)77)33(5)49(73-57)21-45(29)69-53)39(11)87-40(12)68-36(8)52-26-58-66(38(10)78)34(6)50(74-58)22-46-30(2)42(14-18-62(81)82)54(70-46)28-56-44(16-20-64(85)86)32(4)48(72-56)24-60(68)76-52/h21-28,37-40,69,72-73,76-78H,13-20H2,1-12H3,(H,79,80)(H,81,82)(H,83,84)(H,85,86). The fourth-order valence-electron chi connectivity index (χ4n) is 13.0. The highest BCUT2D eigenvalue weighted by Gasteiger charge is 2.30. The van der Waals surface area contributed by atoms with Gasteiger partial charge in [0, 0.05) is 92.1 Å². The minimum atomic E-state index is -0.965. The van der Waals surface area contributed by atoms with Gasteiger partial charge in [-0.05, 0) is 224 Å². The number of fused-ring (bicyclic) bond motifs is 16. The zero-order chi connectivity index (χ0) is 62.8. The summed E-state index contributed by atoms with van der Waals surface area (Å²) in [5.74, 6) is -3.82. The number of aliphatic hydroxyl groups excluding tert-OH is 2. The second-order valence-electron chi connectivity index (χ2n) is 23.4. The van der Waals surface area contributed by atoms with Gasteiger partial charge in [-0.25, -0.2) is 19.9 Å². The number of nitrogens with zero attached hydrogens (tertiary/aromatic N) is 4. The lowest BCUT2D eigenvalue weighted by atomic mass is 9.98. The second kappa shape index (κ2) is 24.0. The number of carboxylic acids is 4. The molecule has 4 aliphatic heterocycles. The normalized spacial score (nSPS) is 15.0. The molecule has 0 radical (unpaired) electrons. The Hall–Kier alpha value is -9.04. The molecule has 0 amide bonds. The van der Waals surface area contributed by atoms with Crippen molar-refractivity contribution in [3.63, 3.8) is 0 Å². The van der Waals surface area contributed by atoms with E-state index in [0.717, 1.165) is 89.0 Å². The van der Waals surface area contributed by atoms with Gasteiger partial charge < -0.3 is 55.3 Å². The van der Waals surface area contributed by atoms with E-state index >= 15 is 0 Å². The van der Waals surface area contributed by atoms with Gasteiger partial charge >= 0.3 is 23.9 Å². The highest BCUT2D eigenvalue weighted by atomic mass is 16.5. The number of hydrogen-bond donors (Lipinski definition) is 10. The van der Waals surface area contributed by atoms with Gasteiger partial charge in [-0.15, -0.1) is 0 Å². The van der Waals surface area contributed by atoms with E-state index in [4.69, 9.17) is 24.7 Å². The van der Waals surface area contributed by atoms with Crippen molar-refractivity contribution in [1.82, 2.24) is 39.9 Å². The summed E-state index contributed by atoms with van der Waals surface area (Å²) >= 11 is 0. The van der Waals surface area contributed by atoms with Gasteiger partial charge in [0.2, 0.25) is 0 Å². The lowest BCUT2D eigenvalue weighted by Crippen LogP contribution is -2.14. The molecule has 0 spiro atoms. The van der Waals surface area contributed by atoms with Crippen LogP contribution in [0.3, 0.4) is 0 Å². The molecule has 19 nitrogen and oxygen atoms in total. The van der Waals surface area contributed by atoms with Crippen molar-refractivity contribution in [3.05, 3.63) is 139 Å². The molecule has 19 heteroatoms. The van der Waals surface area contributed by atoms with Gasteiger partial charge in [0.1, 0.15) is 0 Å². The molecule has 4 aliphatic rings. The predicted octanol–water partition coefficient (Wildman–Crippen LogP) is 13.3. The Balaban J connectivity index is 1.19. The summed E-state index contributed by atoms with van der Waals surface area (Å²) in [5, 5.41) is 62.3. The molecule has 0 saturated heterocycles. The van der Waals surface area contributed by atoms with Crippen molar-refractivity contribution in [2.24, 2.45) is 0 Å². The maximum atomic E-state index is 12.2. The molecular weight excluding hydrogens is 1100 g/mol. The smallest absolute Gasteiger partial charge is 0.303 e. The number of aromatic amines is 4. The van der Waals surface area contributed by atoms with Crippen molar-refractivity contribution < 1.29 is 54.6 Å². The Morgan fingerprint density at radius 2 is 0.724 bits per heavy atom. The number of aryl methyl sites for hydroxylation is 6. The minimum absolute atomic E-state index is 0.118. The van der Waals surface area contributed by atoms with Crippen LogP contribution in [0.25, 0.3) is 88.7 Å². The molecule has 452 valence electrons. The highest BCUT2D eigenvalue weighted by Crippen LogP contribution is 2.43. The molecule has 10 heterocycles. The molecule has 0 aromatic carbocycles. The molecule has 16 bridgehead atoms. The van der Waals surface area contributed by atoms with Crippen LogP contribution in [0.15, 0.2) is 48.5 Å². The number of aromatic nitrogens is 8. The fraction of sp³-hybridized carbons (Fsp3) is 0.353. The number of nitrogens with one attached hydrogen (secondary N) is 4. The van der Waals surface area contributed by atoms with Crippen molar-refractivity contribution >= 4 is 113 Å². The van der Waals surface area contributed by atoms with Crippen molar-refractivity contribution in [2.75, 3.05) is 0 Å². The molecule has 0 saturated carbocycles. The van der Waals surface area contributed by atoms with Crippen LogP contribution in [0.5, 0.6) is 0 Å². The van der Waals surface area contributed by atoms with Gasteiger partial charge in [0.25, 0.3) is 0 Å². The predicted molar refractivity (Wildman–Crippen MR) is 338 cm³/mol. The zero-order valence-corrected chi connectivity index (χ0v) is 51.1. The van der Waals surface area contributed by atoms with Crippen LogP contribution in [0, 0.1) is 27.7 Å². The van der Waals surface area contributed by atoms with Gasteiger partial charge in [-0.3, -0.25) is 19.2 Å². The third-order valence-electron chi connectivity index (χ3n) is 17.7. The van der Waals surface area contributed by atoms with Gasteiger partial charge in [-0.1, -0.05) is 0 Å². The average molecular weight is 1180 g/mol. The molecular formula is C68H74N8O11. The summed E-state index contributed by atoms with van der Waals surface area (Å²) < 4.78 is 7.26. The van der Waals surface area contributed by atoms with Crippen molar-refractivity contribution in [3.8, 4) is 0 Å². The van der Waals surface area contributed by atoms with E-state index in [0.29, 0.717) is 89.8 Å². The number of ether oxygens (including phenoxy) is 1. The van der Waals surface area contributed by atoms with Crippen LogP contribution in [-0.2, 0) is 36.8 Å². The topological polar surface area (TPSA) is 314 Å². The van der Waals surface area contributed by atoms with E-state index in [2.05, 4.69) is 19.9 Å². The fourth-order valence-corrected chi connectivity index (χ4v) is 13.0. The number of rotatable bonds is 18. The SMILES string of the molecule is CC1=C(CCC(=O)O)c2cc3[nH]c(cc4[nH]c(cc5nc(cc1n2)C(C(C)OC(C)c1c(C)c2cc6nc(cc7nc(cc8[nH]c(cc1[nH]2)c(C)c8CCC(=O)O)C(CCC(=O)O)=C7C)C(C)=C6C(C)O)=C5C)c(C(C)O)c4C)c(C)c3CCC(=O)O. The quantitative estimate of drug-likeness (QED) is 0.0382. The second-order valence-corrected chi connectivity index (χ2v) is 23.4. The van der Waals surface area contributed by atoms with E-state index < -0.39 is 48.3 Å². The number of carbonyl (C=O) groups is 4. The Kier molecular flexibility index (Phi) is 16.9. The summed E-state index contributed by atoms with van der Waals surface area (Å²) in [5.41, 5.74) is 22.4. The Morgan fingerprint density at radius 1 is 0.379 bits per heavy atom. The third kappa shape index (κ3) is 11.9. The van der Waals surface area contributed by atoms with Crippen molar-refractivity contribution in [2.45, 2.75) is 159 Å². The van der Waals surface area contributed by atoms with E-state index in [1.54, 1.807) is 13.8 Å². The first-order valence-corrected chi connectivity index (χ1v) is 29.4. The maximum absolute atomic E-state index is 12.2. The van der Waals surface area contributed by atoms with Gasteiger partial charge in [-0.2, -0.15) is 0 Å². The molecule has 6 aromatic heterocycles. The number of aliphatic hydroxyl groups is 2. The monoisotopic (exact) mass is 1180 g/mol. The first-order valence-electron chi connectivity index (χ1n) is 29.4. The van der Waals surface area contributed by atoms with Gasteiger partial charge in [0.15, 0.2) is 0 Å². The number of aliphatic carboxylic acids is 4. The zero-order valence-electron chi connectivity index (χ0n) is 51.1. The van der Waals surface area contributed by atoms with Crippen LogP contribution in [0.2, 0.25) is 0 Å². The molecule has 4 unspecified atom stereocenters. The van der Waals surface area contributed by atoms with Gasteiger partial charge in [0.05, 0.1) is 70.0 Å². The molecule has 10 N–H and O–H groups in total. The van der Waals surface area contributed by atoms with Crippen molar-refractivity contribution in [1.29, 1.82) is 0 Å². The first kappa shape index (κ1) is 61.1. The third-order valence-corrected chi connectivity index (χ3v) is 17.7. The summed E-state index contributed by atoms with van der Waals surface area (Å²) in [4.78, 5) is 83.3. The molecule has 87 heavy (non-hydrogen) atoms. The van der Waals surface area contributed by atoms with E-state index in [1.807, 2.05) is 118 Å². The molecule has 4 atom stereocenters. The number of carboxylic acid groups (broad SMARTS) is 4.